The van der Waals surface area contributed by atoms with Crippen LogP contribution in [0.5, 0.6) is 5.75 Å². The second kappa shape index (κ2) is 9.17. The van der Waals surface area contributed by atoms with Gasteiger partial charge in [0.2, 0.25) is 5.91 Å². The summed E-state index contributed by atoms with van der Waals surface area (Å²) < 4.78 is 5.89. The SMILES string of the molecule is CCC(C)N(Cc1csc(COc2cc(C)cc(C)c2)n1)C(=O)C(C)C. The Kier molecular flexibility index (Phi) is 7.21. The molecular weight excluding hydrogens is 344 g/mol. The minimum Gasteiger partial charge on any atom is -0.486 e. The van der Waals surface area contributed by atoms with Crippen LogP contribution in [0.3, 0.4) is 0 Å². The highest BCUT2D eigenvalue weighted by Crippen LogP contribution is 2.20. The van der Waals surface area contributed by atoms with Crippen molar-refractivity contribution in [2.75, 3.05) is 0 Å². The summed E-state index contributed by atoms with van der Waals surface area (Å²) in [5.74, 6) is 1.05. The highest BCUT2D eigenvalue weighted by Gasteiger charge is 2.22. The summed E-state index contributed by atoms with van der Waals surface area (Å²) in [7, 11) is 0. The number of aryl methyl sites for hydroxylation is 2. The molecule has 0 aliphatic heterocycles. The predicted molar refractivity (Wildman–Crippen MR) is 108 cm³/mol. The normalized spacial score (nSPS) is 12.3. The Balaban J connectivity index is 2.02. The number of benzene rings is 1. The summed E-state index contributed by atoms with van der Waals surface area (Å²) in [6.45, 7) is 13.2. The largest absolute Gasteiger partial charge is 0.486 e. The fourth-order valence-electron chi connectivity index (χ4n) is 2.83. The third-order valence-electron chi connectivity index (χ3n) is 4.39. The molecule has 1 aromatic heterocycles. The maximum atomic E-state index is 12.5. The molecule has 0 N–H and O–H groups in total. The van der Waals surface area contributed by atoms with Gasteiger partial charge in [-0.15, -0.1) is 11.3 Å². The molecule has 4 nitrogen and oxygen atoms in total. The highest BCUT2D eigenvalue weighted by molar-refractivity contribution is 7.09. The Morgan fingerprint density at radius 3 is 2.42 bits per heavy atom. The van der Waals surface area contributed by atoms with Gasteiger partial charge in [-0.1, -0.05) is 26.8 Å². The van der Waals surface area contributed by atoms with Crippen molar-refractivity contribution in [2.45, 2.75) is 67.2 Å². The van der Waals surface area contributed by atoms with E-state index >= 15 is 0 Å². The van der Waals surface area contributed by atoms with E-state index in [2.05, 4.69) is 38.7 Å². The zero-order chi connectivity index (χ0) is 19.3. The molecule has 0 spiro atoms. The van der Waals surface area contributed by atoms with Crippen LogP contribution in [0.15, 0.2) is 23.6 Å². The van der Waals surface area contributed by atoms with Gasteiger partial charge in [-0.05, 0) is 50.5 Å². The van der Waals surface area contributed by atoms with Gasteiger partial charge in [0, 0.05) is 17.3 Å². The summed E-state index contributed by atoms with van der Waals surface area (Å²) in [5, 5.41) is 2.96. The summed E-state index contributed by atoms with van der Waals surface area (Å²) in [4.78, 5) is 19.1. The minimum absolute atomic E-state index is 0.00463. The Hall–Kier alpha value is -1.88. The second-order valence-corrected chi connectivity index (χ2v) is 8.17. The minimum atomic E-state index is -0.00463. The number of nitrogens with zero attached hydrogens (tertiary/aromatic N) is 2. The molecule has 0 bridgehead atoms. The molecule has 1 unspecified atom stereocenters. The van der Waals surface area contributed by atoms with Crippen LogP contribution >= 0.6 is 11.3 Å². The predicted octanol–water partition coefficient (Wildman–Crippen LogP) is 5.12. The van der Waals surface area contributed by atoms with Crippen molar-refractivity contribution in [3.63, 3.8) is 0 Å². The van der Waals surface area contributed by atoms with E-state index in [-0.39, 0.29) is 17.9 Å². The van der Waals surface area contributed by atoms with E-state index in [0.29, 0.717) is 13.2 Å². The van der Waals surface area contributed by atoms with Crippen LogP contribution in [0, 0.1) is 19.8 Å². The maximum absolute atomic E-state index is 12.5. The van der Waals surface area contributed by atoms with Gasteiger partial charge in [0.05, 0.1) is 12.2 Å². The van der Waals surface area contributed by atoms with Crippen molar-refractivity contribution in [3.05, 3.63) is 45.4 Å². The van der Waals surface area contributed by atoms with Gasteiger partial charge in [0.15, 0.2) is 0 Å². The van der Waals surface area contributed by atoms with Crippen LogP contribution in [-0.4, -0.2) is 21.8 Å². The molecule has 5 heteroatoms. The van der Waals surface area contributed by atoms with Crippen LogP contribution < -0.4 is 4.74 Å². The van der Waals surface area contributed by atoms with Crippen molar-refractivity contribution in [2.24, 2.45) is 5.92 Å². The smallest absolute Gasteiger partial charge is 0.225 e. The molecule has 0 radical (unpaired) electrons. The maximum Gasteiger partial charge on any atom is 0.225 e. The van der Waals surface area contributed by atoms with Crippen LogP contribution in [0.1, 0.15) is 55.9 Å². The third-order valence-corrected chi connectivity index (χ3v) is 5.26. The van der Waals surface area contributed by atoms with E-state index in [1.807, 2.05) is 36.3 Å². The average Bonchev–Trinajstić information content (AvgIpc) is 3.03. The van der Waals surface area contributed by atoms with Crippen molar-refractivity contribution in [1.29, 1.82) is 0 Å². The standard InChI is InChI=1S/C21H30N2O2S/c1-7-17(6)23(21(24)14(2)3)11-18-13-26-20(22-18)12-25-19-9-15(4)8-16(5)10-19/h8-10,13-14,17H,7,11-12H2,1-6H3. The quantitative estimate of drug-likeness (QED) is 0.644. The Morgan fingerprint density at radius 2 is 1.85 bits per heavy atom. The molecule has 0 fully saturated rings. The van der Waals surface area contributed by atoms with Gasteiger partial charge in [0.25, 0.3) is 0 Å². The molecule has 26 heavy (non-hydrogen) atoms. The van der Waals surface area contributed by atoms with Crippen molar-refractivity contribution in [1.82, 2.24) is 9.88 Å². The fraction of sp³-hybridized carbons (Fsp3) is 0.524. The van der Waals surface area contributed by atoms with E-state index in [9.17, 15) is 4.79 Å². The summed E-state index contributed by atoms with van der Waals surface area (Å²) in [6, 6.07) is 6.41. The van der Waals surface area contributed by atoms with Crippen LogP contribution in [0.4, 0.5) is 0 Å². The first-order valence-corrected chi connectivity index (χ1v) is 10.1. The molecule has 1 heterocycles. The number of hydrogen-bond donors (Lipinski definition) is 0. The van der Waals surface area contributed by atoms with Crippen LogP contribution in [0.2, 0.25) is 0 Å². The summed E-state index contributed by atoms with van der Waals surface area (Å²) in [6.07, 6.45) is 0.936. The lowest BCUT2D eigenvalue weighted by Crippen LogP contribution is -2.40. The molecular formula is C21H30N2O2S. The Labute approximate surface area is 161 Å². The van der Waals surface area contributed by atoms with Crippen molar-refractivity contribution >= 4 is 17.2 Å². The van der Waals surface area contributed by atoms with E-state index in [0.717, 1.165) is 22.9 Å². The number of aromatic nitrogens is 1. The monoisotopic (exact) mass is 374 g/mol. The van der Waals surface area contributed by atoms with E-state index in [1.165, 1.54) is 11.1 Å². The lowest BCUT2D eigenvalue weighted by Gasteiger charge is -2.29. The van der Waals surface area contributed by atoms with E-state index in [1.54, 1.807) is 11.3 Å². The molecule has 1 atom stereocenters. The molecule has 0 saturated carbocycles. The zero-order valence-electron chi connectivity index (χ0n) is 16.7. The van der Waals surface area contributed by atoms with Crippen molar-refractivity contribution < 1.29 is 9.53 Å². The first kappa shape index (κ1) is 20.4. The molecule has 1 amide bonds. The topological polar surface area (TPSA) is 42.4 Å². The number of thiazole rings is 1. The third kappa shape index (κ3) is 5.56. The number of carbonyl (C=O) groups is 1. The number of hydrogen-bond acceptors (Lipinski definition) is 4. The first-order chi connectivity index (χ1) is 12.3. The van der Waals surface area contributed by atoms with Gasteiger partial charge in [-0.3, -0.25) is 4.79 Å². The van der Waals surface area contributed by atoms with Gasteiger partial charge < -0.3 is 9.64 Å². The molecule has 2 rings (SSSR count). The average molecular weight is 375 g/mol. The highest BCUT2D eigenvalue weighted by atomic mass is 32.1. The summed E-state index contributed by atoms with van der Waals surface area (Å²) in [5.41, 5.74) is 3.32. The van der Waals surface area contributed by atoms with Gasteiger partial charge in [-0.25, -0.2) is 4.98 Å². The van der Waals surface area contributed by atoms with E-state index in [4.69, 9.17) is 4.74 Å². The second-order valence-electron chi connectivity index (χ2n) is 7.22. The first-order valence-electron chi connectivity index (χ1n) is 9.25. The fourth-order valence-corrected chi connectivity index (χ4v) is 3.52. The van der Waals surface area contributed by atoms with Gasteiger partial charge in [0.1, 0.15) is 17.4 Å². The molecule has 1 aromatic carbocycles. The van der Waals surface area contributed by atoms with Crippen molar-refractivity contribution in [3.8, 4) is 5.75 Å². The number of carbonyl (C=O) groups excluding carboxylic acids is 1. The van der Waals surface area contributed by atoms with Gasteiger partial charge in [-0.2, -0.15) is 0 Å². The zero-order valence-corrected chi connectivity index (χ0v) is 17.5. The Bertz CT molecular complexity index is 719. The number of amides is 1. The molecule has 142 valence electrons. The lowest BCUT2D eigenvalue weighted by molar-refractivity contribution is -0.137. The molecule has 0 aliphatic carbocycles. The van der Waals surface area contributed by atoms with Gasteiger partial charge >= 0.3 is 0 Å². The number of ether oxygens (including phenoxy) is 1. The molecule has 0 aliphatic rings. The van der Waals surface area contributed by atoms with E-state index < -0.39 is 0 Å². The van der Waals surface area contributed by atoms with Crippen LogP contribution in [0.25, 0.3) is 0 Å². The molecule has 0 saturated heterocycles. The van der Waals surface area contributed by atoms with Crippen LogP contribution in [-0.2, 0) is 17.9 Å². The summed E-state index contributed by atoms with van der Waals surface area (Å²) >= 11 is 1.58. The Morgan fingerprint density at radius 1 is 1.19 bits per heavy atom. The number of rotatable bonds is 8. The molecule has 2 aromatic rings. The lowest BCUT2D eigenvalue weighted by atomic mass is 10.1.